The molecule has 0 saturated carbocycles. The predicted molar refractivity (Wildman–Crippen MR) is 82.6 cm³/mol. The van der Waals surface area contributed by atoms with Crippen molar-refractivity contribution < 1.29 is 4.79 Å². The minimum absolute atomic E-state index is 0.0231. The second-order valence-corrected chi connectivity index (χ2v) is 5.20. The largest absolute Gasteiger partial charge is 0.332 e. The smallest absolute Gasteiger partial charge is 0.254 e. The standard InChI is InChI=1S/C18H18N2O/c1-14(2)20(18(21)17-6-4-3-5-7-17)13-16-10-8-15(12-19)9-11-16/h3-11,14H,13H2,1-2H3. The third-order valence-electron chi connectivity index (χ3n) is 3.34. The Kier molecular flexibility index (Phi) is 4.73. The van der Waals surface area contributed by atoms with Crippen LogP contribution in [0.4, 0.5) is 0 Å². The average Bonchev–Trinajstić information content (AvgIpc) is 2.53. The van der Waals surface area contributed by atoms with Crippen LogP contribution in [0.3, 0.4) is 0 Å². The molecule has 21 heavy (non-hydrogen) atoms. The van der Waals surface area contributed by atoms with Gasteiger partial charge in [0.1, 0.15) is 0 Å². The van der Waals surface area contributed by atoms with Crippen molar-refractivity contribution in [2.45, 2.75) is 26.4 Å². The number of rotatable bonds is 4. The van der Waals surface area contributed by atoms with Gasteiger partial charge in [0.2, 0.25) is 0 Å². The molecule has 0 atom stereocenters. The Morgan fingerprint density at radius 1 is 1.10 bits per heavy atom. The Bertz CT molecular complexity index is 639. The van der Waals surface area contributed by atoms with Crippen LogP contribution in [0.15, 0.2) is 54.6 Å². The van der Waals surface area contributed by atoms with Crippen LogP contribution in [0.25, 0.3) is 0 Å². The Balaban J connectivity index is 2.19. The third-order valence-corrected chi connectivity index (χ3v) is 3.34. The molecule has 0 aliphatic heterocycles. The van der Waals surface area contributed by atoms with E-state index in [1.165, 1.54) is 0 Å². The molecule has 2 aromatic carbocycles. The number of nitrogens with zero attached hydrogens (tertiary/aromatic N) is 2. The maximum absolute atomic E-state index is 12.6. The van der Waals surface area contributed by atoms with E-state index in [1.807, 2.05) is 61.2 Å². The van der Waals surface area contributed by atoms with Crippen LogP contribution in [0.1, 0.15) is 35.3 Å². The Labute approximate surface area is 125 Å². The second kappa shape index (κ2) is 6.71. The molecule has 0 fully saturated rings. The molecule has 3 heteroatoms. The Hall–Kier alpha value is -2.60. The summed E-state index contributed by atoms with van der Waals surface area (Å²) in [5.74, 6) is 0.0231. The van der Waals surface area contributed by atoms with Crippen LogP contribution in [0.2, 0.25) is 0 Å². The van der Waals surface area contributed by atoms with Crippen LogP contribution in [-0.2, 0) is 6.54 Å². The van der Waals surface area contributed by atoms with Crippen molar-refractivity contribution >= 4 is 5.91 Å². The average molecular weight is 278 g/mol. The lowest BCUT2D eigenvalue weighted by Crippen LogP contribution is -2.36. The molecule has 0 N–H and O–H groups in total. The topological polar surface area (TPSA) is 44.1 Å². The monoisotopic (exact) mass is 278 g/mol. The van der Waals surface area contributed by atoms with Gasteiger partial charge in [-0.1, -0.05) is 30.3 Å². The first-order valence-electron chi connectivity index (χ1n) is 6.97. The highest BCUT2D eigenvalue weighted by Gasteiger charge is 2.18. The van der Waals surface area contributed by atoms with Crippen molar-refractivity contribution in [3.63, 3.8) is 0 Å². The van der Waals surface area contributed by atoms with Gasteiger partial charge in [0.05, 0.1) is 11.6 Å². The summed E-state index contributed by atoms with van der Waals surface area (Å²) in [5.41, 5.74) is 2.34. The van der Waals surface area contributed by atoms with E-state index in [2.05, 4.69) is 6.07 Å². The van der Waals surface area contributed by atoms with E-state index in [0.29, 0.717) is 17.7 Å². The summed E-state index contributed by atoms with van der Waals surface area (Å²) in [5, 5.41) is 8.82. The fourth-order valence-corrected chi connectivity index (χ4v) is 2.12. The maximum Gasteiger partial charge on any atom is 0.254 e. The van der Waals surface area contributed by atoms with Gasteiger partial charge in [-0.25, -0.2) is 0 Å². The summed E-state index contributed by atoms with van der Waals surface area (Å²) in [7, 11) is 0. The van der Waals surface area contributed by atoms with Gasteiger partial charge in [-0.3, -0.25) is 4.79 Å². The third kappa shape index (κ3) is 3.70. The van der Waals surface area contributed by atoms with Gasteiger partial charge in [-0.2, -0.15) is 5.26 Å². The predicted octanol–water partition coefficient (Wildman–Crippen LogP) is 3.61. The Morgan fingerprint density at radius 2 is 1.71 bits per heavy atom. The highest BCUT2D eigenvalue weighted by atomic mass is 16.2. The van der Waals surface area contributed by atoms with E-state index < -0.39 is 0 Å². The summed E-state index contributed by atoms with van der Waals surface area (Å²) in [6.45, 7) is 4.55. The molecule has 0 bridgehead atoms. The zero-order valence-corrected chi connectivity index (χ0v) is 12.3. The van der Waals surface area contributed by atoms with Crippen LogP contribution < -0.4 is 0 Å². The quantitative estimate of drug-likeness (QED) is 0.857. The molecule has 2 rings (SSSR count). The van der Waals surface area contributed by atoms with Crippen molar-refractivity contribution in [3.05, 3.63) is 71.3 Å². The molecular formula is C18H18N2O. The zero-order chi connectivity index (χ0) is 15.2. The minimum Gasteiger partial charge on any atom is -0.332 e. The number of carbonyl (C=O) groups excluding carboxylic acids is 1. The van der Waals surface area contributed by atoms with Crippen LogP contribution in [0.5, 0.6) is 0 Å². The van der Waals surface area contributed by atoms with E-state index in [1.54, 1.807) is 12.1 Å². The molecule has 0 saturated heterocycles. The molecular weight excluding hydrogens is 260 g/mol. The normalized spacial score (nSPS) is 10.2. The molecule has 0 aliphatic rings. The van der Waals surface area contributed by atoms with Crippen LogP contribution in [0, 0.1) is 11.3 Å². The summed E-state index contributed by atoms with van der Waals surface area (Å²) in [6, 6.07) is 18.8. The molecule has 1 amide bonds. The van der Waals surface area contributed by atoms with Gasteiger partial charge in [-0.05, 0) is 43.7 Å². The van der Waals surface area contributed by atoms with E-state index >= 15 is 0 Å². The number of amides is 1. The molecule has 0 aromatic heterocycles. The first-order valence-corrected chi connectivity index (χ1v) is 6.97. The fourth-order valence-electron chi connectivity index (χ4n) is 2.12. The molecule has 3 nitrogen and oxygen atoms in total. The highest BCUT2D eigenvalue weighted by Crippen LogP contribution is 2.14. The van der Waals surface area contributed by atoms with E-state index in [9.17, 15) is 4.79 Å². The number of benzene rings is 2. The lowest BCUT2D eigenvalue weighted by atomic mass is 10.1. The molecule has 106 valence electrons. The second-order valence-electron chi connectivity index (χ2n) is 5.20. The Morgan fingerprint density at radius 3 is 2.24 bits per heavy atom. The van der Waals surface area contributed by atoms with E-state index in [-0.39, 0.29) is 11.9 Å². The summed E-state index contributed by atoms with van der Waals surface area (Å²) in [6.07, 6.45) is 0. The van der Waals surface area contributed by atoms with Crippen molar-refractivity contribution in [3.8, 4) is 6.07 Å². The van der Waals surface area contributed by atoms with Crippen LogP contribution in [-0.4, -0.2) is 16.8 Å². The fraction of sp³-hybridized carbons (Fsp3) is 0.222. The minimum atomic E-state index is 0.0231. The molecule has 0 unspecified atom stereocenters. The number of hydrogen-bond acceptors (Lipinski definition) is 2. The van der Waals surface area contributed by atoms with Gasteiger partial charge >= 0.3 is 0 Å². The zero-order valence-electron chi connectivity index (χ0n) is 12.3. The summed E-state index contributed by atoms with van der Waals surface area (Å²) >= 11 is 0. The SMILES string of the molecule is CC(C)N(Cc1ccc(C#N)cc1)C(=O)c1ccccc1. The van der Waals surface area contributed by atoms with Gasteiger partial charge < -0.3 is 4.90 Å². The first kappa shape index (κ1) is 14.8. The lowest BCUT2D eigenvalue weighted by Gasteiger charge is -2.27. The molecule has 0 radical (unpaired) electrons. The first-order chi connectivity index (χ1) is 10.1. The van der Waals surface area contributed by atoms with Gasteiger partial charge in [0, 0.05) is 18.2 Å². The van der Waals surface area contributed by atoms with Crippen molar-refractivity contribution in [2.24, 2.45) is 0 Å². The van der Waals surface area contributed by atoms with Crippen LogP contribution >= 0.6 is 0 Å². The van der Waals surface area contributed by atoms with Crippen molar-refractivity contribution in [1.82, 2.24) is 4.90 Å². The number of hydrogen-bond donors (Lipinski definition) is 0. The van der Waals surface area contributed by atoms with Gasteiger partial charge in [0.15, 0.2) is 0 Å². The molecule has 0 heterocycles. The number of nitriles is 1. The molecule has 0 aliphatic carbocycles. The summed E-state index contributed by atoms with van der Waals surface area (Å²) in [4.78, 5) is 14.4. The van der Waals surface area contributed by atoms with E-state index in [0.717, 1.165) is 5.56 Å². The van der Waals surface area contributed by atoms with Gasteiger partial charge in [0.25, 0.3) is 5.91 Å². The maximum atomic E-state index is 12.6. The summed E-state index contributed by atoms with van der Waals surface area (Å²) < 4.78 is 0. The van der Waals surface area contributed by atoms with Gasteiger partial charge in [-0.15, -0.1) is 0 Å². The number of carbonyl (C=O) groups is 1. The highest BCUT2D eigenvalue weighted by molar-refractivity contribution is 5.94. The van der Waals surface area contributed by atoms with Crippen molar-refractivity contribution in [2.75, 3.05) is 0 Å². The lowest BCUT2D eigenvalue weighted by molar-refractivity contribution is 0.0690. The van der Waals surface area contributed by atoms with E-state index in [4.69, 9.17) is 5.26 Å². The van der Waals surface area contributed by atoms with Crippen molar-refractivity contribution in [1.29, 1.82) is 5.26 Å². The molecule has 0 spiro atoms. The molecule has 2 aromatic rings.